The third kappa shape index (κ3) is 2.15. The molecule has 0 aliphatic heterocycles. The van der Waals surface area contributed by atoms with Gasteiger partial charge in [-0.3, -0.25) is 4.79 Å². The topological polar surface area (TPSA) is 46.9 Å². The quantitative estimate of drug-likeness (QED) is 0.803. The van der Waals surface area contributed by atoms with Crippen LogP contribution in [0.3, 0.4) is 0 Å². The van der Waals surface area contributed by atoms with Crippen molar-refractivity contribution >= 4 is 18.1 Å². The second-order valence-corrected chi connectivity index (χ2v) is 3.10. The van der Waals surface area contributed by atoms with Crippen LogP contribution in [0.1, 0.15) is 17.2 Å². The first-order chi connectivity index (χ1) is 7.13. The molecule has 0 radical (unpaired) electrons. The Balaban J connectivity index is 3.15. The molecule has 0 saturated heterocycles. The summed E-state index contributed by atoms with van der Waals surface area (Å²) < 4.78 is 1.81. The Morgan fingerprint density at radius 1 is 1.53 bits per heavy atom. The molecule has 0 fully saturated rings. The standard InChI is InChI=1S/C11H15N3O/c1-5-9-10(6-2)14(8(3)13-9)7-11(15)12-4/h5-6H,1-2,7H2,3-4H3,(H,12,15). The van der Waals surface area contributed by atoms with Gasteiger partial charge in [0.15, 0.2) is 0 Å². The SMILES string of the molecule is C=Cc1nc(C)n(CC(=O)NC)c1C=C. The van der Waals surface area contributed by atoms with E-state index in [0.717, 1.165) is 17.2 Å². The van der Waals surface area contributed by atoms with Crippen LogP contribution in [0.25, 0.3) is 12.2 Å². The van der Waals surface area contributed by atoms with E-state index in [1.165, 1.54) is 0 Å². The number of hydrogen-bond donors (Lipinski definition) is 1. The first kappa shape index (κ1) is 11.2. The van der Waals surface area contributed by atoms with E-state index in [2.05, 4.69) is 23.5 Å². The molecule has 1 aromatic heterocycles. The summed E-state index contributed by atoms with van der Waals surface area (Å²) in [5.41, 5.74) is 1.58. The van der Waals surface area contributed by atoms with Crippen molar-refractivity contribution in [2.45, 2.75) is 13.5 Å². The van der Waals surface area contributed by atoms with E-state index >= 15 is 0 Å². The molecule has 0 saturated carbocycles. The fourth-order valence-electron chi connectivity index (χ4n) is 1.39. The zero-order valence-corrected chi connectivity index (χ0v) is 9.08. The maximum Gasteiger partial charge on any atom is 0.239 e. The first-order valence-electron chi connectivity index (χ1n) is 4.66. The molecular formula is C11H15N3O. The van der Waals surface area contributed by atoms with Gasteiger partial charge in [0.2, 0.25) is 5.91 Å². The Bertz CT molecular complexity index is 404. The molecule has 1 aromatic rings. The van der Waals surface area contributed by atoms with Gasteiger partial charge in [-0.05, 0) is 19.1 Å². The molecular weight excluding hydrogens is 190 g/mol. The number of imidazole rings is 1. The summed E-state index contributed by atoms with van der Waals surface area (Å²) in [5.74, 6) is 0.720. The minimum absolute atomic E-state index is 0.0609. The van der Waals surface area contributed by atoms with Crippen LogP contribution in [0.2, 0.25) is 0 Å². The summed E-state index contributed by atoms with van der Waals surface area (Å²) in [4.78, 5) is 15.6. The summed E-state index contributed by atoms with van der Waals surface area (Å²) in [6.07, 6.45) is 3.34. The van der Waals surface area contributed by atoms with Crippen molar-refractivity contribution < 1.29 is 4.79 Å². The Labute approximate surface area is 89.3 Å². The van der Waals surface area contributed by atoms with E-state index in [1.54, 1.807) is 19.2 Å². The Morgan fingerprint density at radius 2 is 2.20 bits per heavy atom. The number of nitrogens with one attached hydrogen (secondary N) is 1. The fraction of sp³-hybridized carbons (Fsp3) is 0.273. The van der Waals surface area contributed by atoms with Gasteiger partial charge in [-0.25, -0.2) is 4.98 Å². The molecule has 0 unspecified atom stereocenters. The fourth-order valence-corrected chi connectivity index (χ4v) is 1.39. The predicted molar refractivity (Wildman–Crippen MR) is 61.2 cm³/mol. The Hall–Kier alpha value is -1.84. The molecule has 80 valence electrons. The van der Waals surface area contributed by atoms with Crippen molar-refractivity contribution in [2.24, 2.45) is 0 Å². The van der Waals surface area contributed by atoms with Gasteiger partial charge in [0.25, 0.3) is 0 Å². The van der Waals surface area contributed by atoms with Crippen LogP contribution in [0.4, 0.5) is 0 Å². The highest BCUT2D eigenvalue weighted by Crippen LogP contribution is 2.14. The van der Waals surface area contributed by atoms with Crippen molar-refractivity contribution in [1.29, 1.82) is 0 Å². The largest absolute Gasteiger partial charge is 0.358 e. The van der Waals surface area contributed by atoms with Gasteiger partial charge < -0.3 is 9.88 Å². The average Bonchev–Trinajstić information content (AvgIpc) is 2.55. The van der Waals surface area contributed by atoms with Gasteiger partial charge in [-0.1, -0.05) is 13.2 Å². The Morgan fingerprint density at radius 3 is 2.67 bits per heavy atom. The zero-order valence-electron chi connectivity index (χ0n) is 9.08. The number of likely N-dealkylation sites (N-methyl/N-ethyl adjacent to an activating group) is 1. The summed E-state index contributed by atoms with van der Waals surface area (Å²) in [6.45, 7) is 9.48. The molecule has 0 aliphatic rings. The van der Waals surface area contributed by atoms with Crippen LogP contribution >= 0.6 is 0 Å². The molecule has 0 bridgehead atoms. The molecule has 1 heterocycles. The average molecular weight is 205 g/mol. The lowest BCUT2D eigenvalue weighted by molar-refractivity contribution is -0.121. The van der Waals surface area contributed by atoms with E-state index in [-0.39, 0.29) is 12.5 Å². The number of nitrogens with zero attached hydrogens (tertiary/aromatic N) is 2. The zero-order chi connectivity index (χ0) is 11.4. The number of hydrogen-bond acceptors (Lipinski definition) is 2. The second kappa shape index (κ2) is 4.59. The third-order valence-electron chi connectivity index (χ3n) is 2.19. The number of amides is 1. The lowest BCUT2D eigenvalue weighted by Gasteiger charge is -2.06. The van der Waals surface area contributed by atoms with Crippen molar-refractivity contribution in [3.8, 4) is 0 Å². The minimum Gasteiger partial charge on any atom is -0.358 e. The monoisotopic (exact) mass is 205 g/mol. The van der Waals surface area contributed by atoms with Crippen LogP contribution in [0.5, 0.6) is 0 Å². The molecule has 4 nitrogen and oxygen atoms in total. The summed E-state index contributed by atoms with van der Waals surface area (Å²) in [7, 11) is 1.61. The second-order valence-electron chi connectivity index (χ2n) is 3.10. The molecule has 1 amide bonds. The normalized spacial score (nSPS) is 9.73. The number of rotatable bonds is 4. The first-order valence-corrected chi connectivity index (χ1v) is 4.66. The van der Waals surface area contributed by atoms with E-state index in [0.29, 0.717) is 0 Å². The van der Waals surface area contributed by atoms with Gasteiger partial charge in [0.1, 0.15) is 12.4 Å². The van der Waals surface area contributed by atoms with Gasteiger partial charge in [0.05, 0.1) is 11.4 Å². The van der Waals surface area contributed by atoms with Crippen LogP contribution in [-0.4, -0.2) is 22.5 Å². The highest BCUT2D eigenvalue weighted by atomic mass is 16.1. The Kier molecular flexibility index (Phi) is 3.44. The van der Waals surface area contributed by atoms with Crippen LogP contribution in [0, 0.1) is 6.92 Å². The van der Waals surface area contributed by atoms with Crippen molar-refractivity contribution in [3.63, 3.8) is 0 Å². The van der Waals surface area contributed by atoms with Crippen molar-refractivity contribution in [1.82, 2.24) is 14.9 Å². The third-order valence-corrected chi connectivity index (χ3v) is 2.19. The maximum absolute atomic E-state index is 11.3. The highest BCUT2D eigenvalue weighted by molar-refractivity contribution is 5.76. The summed E-state index contributed by atoms with van der Waals surface area (Å²) in [5, 5.41) is 2.57. The minimum atomic E-state index is -0.0609. The number of aryl methyl sites for hydroxylation is 1. The molecule has 1 N–H and O–H groups in total. The van der Waals surface area contributed by atoms with E-state index in [4.69, 9.17) is 0 Å². The highest BCUT2D eigenvalue weighted by Gasteiger charge is 2.11. The number of carbonyl (C=O) groups is 1. The van der Waals surface area contributed by atoms with Crippen molar-refractivity contribution in [2.75, 3.05) is 7.05 Å². The number of aromatic nitrogens is 2. The van der Waals surface area contributed by atoms with Crippen LogP contribution in [-0.2, 0) is 11.3 Å². The molecule has 0 atom stereocenters. The maximum atomic E-state index is 11.3. The molecule has 0 aromatic carbocycles. The van der Waals surface area contributed by atoms with E-state index in [1.807, 2.05) is 11.5 Å². The van der Waals surface area contributed by atoms with Gasteiger partial charge in [0, 0.05) is 7.05 Å². The van der Waals surface area contributed by atoms with E-state index < -0.39 is 0 Å². The molecule has 15 heavy (non-hydrogen) atoms. The lowest BCUT2D eigenvalue weighted by Crippen LogP contribution is -2.24. The number of carbonyl (C=O) groups excluding carboxylic acids is 1. The van der Waals surface area contributed by atoms with Crippen molar-refractivity contribution in [3.05, 3.63) is 30.4 Å². The van der Waals surface area contributed by atoms with E-state index in [9.17, 15) is 4.79 Å². The van der Waals surface area contributed by atoms with Crippen LogP contribution < -0.4 is 5.32 Å². The molecule has 0 spiro atoms. The van der Waals surface area contributed by atoms with Gasteiger partial charge >= 0.3 is 0 Å². The molecule has 4 heteroatoms. The predicted octanol–water partition coefficient (Wildman–Crippen LogP) is 1.22. The lowest BCUT2D eigenvalue weighted by atomic mass is 10.3. The summed E-state index contributed by atoms with van der Waals surface area (Å²) >= 11 is 0. The summed E-state index contributed by atoms with van der Waals surface area (Å²) in [6, 6.07) is 0. The molecule has 1 rings (SSSR count). The van der Waals surface area contributed by atoms with Crippen LogP contribution in [0.15, 0.2) is 13.2 Å². The smallest absolute Gasteiger partial charge is 0.239 e. The van der Waals surface area contributed by atoms with Gasteiger partial charge in [-0.15, -0.1) is 0 Å². The molecule has 0 aliphatic carbocycles. The van der Waals surface area contributed by atoms with Gasteiger partial charge in [-0.2, -0.15) is 0 Å².